The smallest absolute Gasteiger partial charge is 0.371 e. The lowest BCUT2D eigenvalue weighted by atomic mass is 9.92. The lowest BCUT2D eigenvalue weighted by Crippen LogP contribution is -2.37. The first-order valence-electron chi connectivity index (χ1n) is 7.00. The topological polar surface area (TPSA) is 46.6 Å². The van der Waals surface area contributed by atoms with E-state index in [0.29, 0.717) is 25.9 Å². The van der Waals surface area contributed by atoms with Crippen molar-refractivity contribution in [3.63, 3.8) is 0 Å². The van der Waals surface area contributed by atoms with Crippen LogP contribution in [0.2, 0.25) is 0 Å². The second-order valence-electron chi connectivity index (χ2n) is 6.19. The first-order chi connectivity index (χ1) is 9.37. The fourth-order valence-corrected chi connectivity index (χ4v) is 3.00. The maximum absolute atomic E-state index is 12.1. The molecule has 0 aromatic carbocycles. The number of hydrogen-bond acceptors (Lipinski definition) is 3. The van der Waals surface area contributed by atoms with Crippen LogP contribution < -0.4 is 0 Å². The SMILES string of the molecule is CCCN(CCC(C)(C)C)S(=O)(=O)CCOCC(F)(F)F. The van der Waals surface area contributed by atoms with Crippen molar-refractivity contribution in [1.82, 2.24) is 4.31 Å². The van der Waals surface area contributed by atoms with Crippen LogP contribution in [0.4, 0.5) is 13.2 Å². The number of alkyl halides is 3. The summed E-state index contributed by atoms with van der Waals surface area (Å²) in [5.41, 5.74) is -0.00566. The molecule has 8 heteroatoms. The van der Waals surface area contributed by atoms with Crippen LogP contribution in [0.5, 0.6) is 0 Å². The highest BCUT2D eigenvalue weighted by molar-refractivity contribution is 7.89. The average molecular weight is 333 g/mol. The van der Waals surface area contributed by atoms with E-state index < -0.39 is 35.2 Å². The minimum absolute atomic E-state index is 0.00566. The van der Waals surface area contributed by atoms with Gasteiger partial charge in [0, 0.05) is 13.1 Å². The minimum atomic E-state index is -4.43. The Hall–Kier alpha value is -0.340. The highest BCUT2D eigenvalue weighted by Crippen LogP contribution is 2.20. The van der Waals surface area contributed by atoms with Crippen LogP contribution in [0.1, 0.15) is 40.5 Å². The molecule has 0 rings (SSSR count). The molecule has 0 atom stereocenters. The maximum Gasteiger partial charge on any atom is 0.411 e. The van der Waals surface area contributed by atoms with Crippen LogP contribution in [0, 0.1) is 5.41 Å². The summed E-state index contributed by atoms with van der Waals surface area (Å²) < 4.78 is 65.7. The molecule has 0 unspecified atom stereocenters. The van der Waals surface area contributed by atoms with Crippen molar-refractivity contribution in [1.29, 1.82) is 0 Å². The number of ether oxygens (including phenoxy) is 1. The van der Waals surface area contributed by atoms with Gasteiger partial charge in [-0.05, 0) is 18.3 Å². The van der Waals surface area contributed by atoms with Gasteiger partial charge in [0.1, 0.15) is 6.61 Å². The molecule has 0 amide bonds. The van der Waals surface area contributed by atoms with E-state index in [-0.39, 0.29) is 5.41 Å². The fraction of sp³-hybridized carbons (Fsp3) is 1.00. The second kappa shape index (κ2) is 8.33. The zero-order valence-corrected chi connectivity index (χ0v) is 14.0. The fourth-order valence-electron chi connectivity index (χ4n) is 1.58. The Labute approximate surface area is 125 Å². The van der Waals surface area contributed by atoms with Gasteiger partial charge in [0.25, 0.3) is 0 Å². The monoisotopic (exact) mass is 333 g/mol. The van der Waals surface area contributed by atoms with Crippen LogP contribution in [0.25, 0.3) is 0 Å². The predicted octanol–water partition coefficient (Wildman–Crippen LogP) is 3.04. The standard InChI is InChI=1S/C13H26F3NO3S/c1-5-7-17(8-6-12(2,3)4)21(18,19)10-9-20-11-13(14,15)16/h5-11H2,1-4H3. The van der Waals surface area contributed by atoms with Gasteiger partial charge in [-0.2, -0.15) is 13.2 Å². The van der Waals surface area contributed by atoms with Gasteiger partial charge in [-0.3, -0.25) is 0 Å². The molecule has 0 aliphatic carbocycles. The van der Waals surface area contributed by atoms with Crippen molar-refractivity contribution in [2.24, 2.45) is 5.41 Å². The molecular weight excluding hydrogens is 307 g/mol. The minimum Gasteiger partial charge on any atom is -0.371 e. The third kappa shape index (κ3) is 11.0. The Bertz CT molecular complexity index is 388. The van der Waals surface area contributed by atoms with Crippen LogP contribution in [-0.2, 0) is 14.8 Å². The van der Waals surface area contributed by atoms with E-state index in [1.54, 1.807) is 0 Å². The van der Waals surface area contributed by atoms with Gasteiger partial charge in [-0.1, -0.05) is 27.7 Å². The summed E-state index contributed by atoms with van der Waals surface area (Å²) in [5.74, 6) is -0.423. The van der Waals surface area contributed by atoms with Gasteiger partial charge in [-0.15, -0.1) is 0 Å². The molecule has 4 nitrogen and oxygen atoms in total. The van der Waals surface area contributed by atoms with Gasteiger partial charge in [0.15, 0.2) is 0 Å². The summed E-state index contributed by atoms with van der Waals surface area (Å²) in [6.07, 6.45) is -3.08. The third-order valence-electron chi connectivity index (χ3n) is 2.73. The molecule has 0 aromatic heterocycles. The Morgan fingerprint density at radius 3 is 2.10 bits per heavy atom. The summed E-state index contributed by atoms with van der Waals surface area (Å²) in [6.45, 7) is 6.77. The van der Waals surface area contributed by atoms with Crippen molar-refractivity contribution in [2.75, 3.05) is 32.1 Å². The van der Waals surface area contributed by atoms with Crippen molar-refractivity contribution in [3.8, 4) is 0 Å². The van der Waals surface area contributed by atoms with Crippen LogP contribution in [-0.4, -0.2) is 51.0 Å². The number of hydrogen-bond donors (Lipinski definition) is 0. The molecule has 0 bridgehead atoms. The molecule has 0 fully saturated rings. The quantitative estimate of drug-likeness (QED) is 0.609. The molecule has 0 aliphatic heterocycles. The summed E-state index contributed by atoms with van der Waals surface area (Å²) in [7, 11) is -3.58. The number of sulfonamides is 1. The second-order valence-corrected chi connectivity index (χ2v) is 8.28. The van der Waals surface area contributed by atoms with Crippen molar-refractivity contribution in [2.45, 2.75) is 46.7 Å². The van der Waals surface area contributed by atoms with E-state index in [4.69, 9.17) is 0 Å². The molecule has 0 heterocycles. The molecule has 128 valence electrons. The van der Waals surface area contributed by atoms with Crippen LogP contribution >= 0.6 is 0 Å². The summed E-state index contributed by atoms with van der Waals surface area (Å²) in [4.78, 5) is 0. The number of halogens is 3. The van der Waals surface area contributed by atoms with E-state index in [9.17, 15) is 21.6 Å². The highest BCUT2D eigenvalue weighted by Gasteiger charge is 2.28. The largest absolute Gasteiger partial charge is 0.411 e. The molecule has 0 spiro atoms. The highest BCUT2D eigenvalue weighted by atomic mass is 32.2. The predicted molar refractivity (Wildman–Crippen MR) is 76.6 cm³/mol. The number of nitrogens with zero attached hydrogens (tertiary/aromatic N) is 1. The molecule has 0 aromatic rings. The third-order valence-corrected chi connectivity index (χ3v) is 4.56. The van der Waals surface area contributed by atoms with E-state index in [1.807, 2.05) is 27.7 Å². The zero-order chi connectivity index (χ0) is 16.7. The van der Waals surface area contributed by atoms with Gasteiger partial charge < -0.3 is 4.74 Å². The summed E-state index contributed by atoms with van der Waals surface area (Å²) in [6, 6.07) is 0. The van der Waals surface area contributed by atoms with Crippen molar-refractivity contribution in [3.05, 3.63) is 0 Å². The lowest BCUT2D eigenvalue weighted by Gasteiger charge is -2.26. The van der Waals surface area contributed by atoms with Crippen LogP contribution in [0.15, 0.2) is 0 Å². The van der Waals surface area contributed by atoms with Crippen molar-refractivity contribution < 1.29 is 26.3 Å². The summed E-state index contributed by atoms with van der Waals surface area (Å²) in [5, 5.41) is 0. The summed E-state index contributed by atoms with van der Waals surface area (Å²) >= 11 is 0. The normalized spacial score (nSPS) is 13.9. The van der Waals surface area contributed by atoms with Crippen LogP contribution in [0.3, 0.4) is 0 Å². The first-order valence-corrected chi connectivity index (χ1v) is 8.60. The Kier molecular flexibility index (Phi) is 8.20. The Balaban J connectivity index is 4.44. The van der Waals surface area contributed by atoms with Gasteiger partial charge >= 0.3 is 6.18 Å². The lowest BCUT2D eigenvalue weighted by molar-refractivity contribution is -0.172. The zero-order valence-electron chi connectivity index (χ0n) is 13.2. The molecule has 0 saturated heterocycles. The first kappa shape index (κ1) is 20.7. The van der Waals surface area contributed by atoms with E-state index in [2.05, 4.69) is 4.74 Å². The maximum atomic E-state index is 12.1. The Morgan fingerprint density at radius 2 is 1.67 bits per heavy atom. The Morgan fingerprint density at radius 1 is 1.10 bits per heavy atom. The molecule has 0 N–H and O–H groups in total. The molecule has 0 saturated carbocycles. The van der Waals surface area contributed by atoms with E-state index in [1.165, 1.54) is 4.31 Å². The number of rotatable bonds is 9. The molecule has 21 heavy (non-hydrogen) atoms. The van der Waals surface area contributed by atoms with E-state index in [0.717, 1.165) is 0 Å². The molecule has 0 aliphatic rings. The van der Waals surface area contributed by atoms with Gasteiger partial charge in [-0.25, -0.2) is 12.7 Å². The average Bonchev–Trinajstić information content (AvgIpc) is 2.27. The molecule has 0 radical (unpaired) electrons. The van der Waals surface area contributed by atoms with E-state index >= 15 is 0 Å². The van der Waals surface area contributed by atoms with Gasteiger partial charge in [0.2, 0.25) is 10.0 Å². The van der Waals surface area contributed by atoms with Gasteiger partial charge in [0.05, 0.1) is 12.4 Å². The molecular formula is C13H26F3NO3S. The van der Waals surface area contributed by atoms with Crippen molar-refractivity contribution >= 4 is 10.0 Å².